The van der Waals surface area contributed by atoms with Gasteiger partial charge in [0.15, 0.2) is 5.82 Å². The number of carboxylic acid groups (broad SMARTS) is 1. The van der Waals surface area contributed by atoms with E-state index in [9.17, 15) is 18.4 Å². The number of aromatic carboxylic acids is 1. The number of nitrogens with one attached hydrogen (secondary N) is 1. The second-order valence-electron chi connectivity index (χ2n) is 7.98. The molecule has 184 valence electrons. The highest BCUT2D eigenvalue weighted by atomic mass is 35.5. The van der Waals surface area contributed by atoms with Crippen molar-refractivity contribution >= 4 is 34.7 Å². The SMILES string of the molecule is C=C(/C=C\C(=C/C)c1c(F)ccc(Cl)c1F)[C@@H](Cc1ccccc1)C(=O)Nc1ccc(C(=O)O)cc1. The number of carboxylic acids is 1. The summed E-state index contributed by atoms with van der Waals surface area (Å²) in [7, 11) is 0. The third-order valence-electron chi connectivity index (χ3n) is 5.57. The smallest absolute Gasteiger partial charge is 0.335 e. The molecule has 0 radical (unpaired) electrons. The number of carbonyl (C=O) groups excluding carboxylic acids is 1. The van der Waals surface area contributed by atoms with E-state index < -0.39 is 23.5 Å². The number of carbonyl (C=O) groups is 2. The molecule has 0 unspecified atom stereocenters. The van der Waals surface area contributed by atoms with E-state index in [0.717, 1.165) is 17.7 Å². The summed E-state index contributed by atoms with van der Waals surface area (Å²) in [6, 6.07) is 17.4. The lowest BCUT2D eigenvalue weighted by atomic mass is 9.90. The number of hydrogen-bond donors (Lipinski definition) is 2. The zero-order valence-corrected chi connectivity index (χ0v) is 20.2. The zero-order chi connectivity index (χ0) is 26.2. The highest BCUT2D eigenvalue weighted by Gasteiger charge is 2.22. The van der Waals surface area contributed by atoms with Crippen molar-refractivity contribution in [2.24, 2.45) is 5.92 Å². The number of amides is 1. The summed E-state index contributed by atoms with van der Waals surface area (Å²) >= 11 is 5.84. The molecular formula is C29H24ClF2NO3. The van der Waals surface area contributed by atoms with Gasteiger partial charge in [-0.2, -0.15) is 0 Å². The summed E-state index contributed by atoms with van der Waals surface area (Å²) in [6.07, 6.45) is 4.91. The molecule has 1 atom stereocenters. The lowest BCUT2D eigenvalue weighted by Crippen LogP contribution is -2.25. The first kappa shape index (κ1) is 26.6. The topological polar surface area (TPSA) is 66.4 Å². The summed E-state index contributed by atoms with van der Waals surface area (Å²) in [5.74, 6) is -3.78. The first-order chi connectivity index (χ1) is 17.2. The molecule has 0 heterocycles. The van der Waals surface area contributed by atoms with E-state index in [-0.39, 0.29) is 27.6 Å². The van der Waals surface area contributed by atoms with Crippen LogP contribution in [0.25, 0.3) is 5.57 Å². The molecule has 0 aliphatic heterocycles. The number of rotatable bonds is 9. The van der Waals surface area contributed by atoms with Crippen LogP contribution in [-0.4, -0.2) is 17.0 Å². The average molecular weight is 508 g/mol. The third-order valence-corrected chi connectivity index (χ3v) is 5.86. The fraction of sp³-hybridized carbons (Fsp3) is 0.103. The van der Waals surface area contributed by atoms with Crippen LogP contribution in [0.15, 0.2) is 97.1 Å². The van der Waals surface area contributed by atoms with Crippen LogP contribution in [0.4, 0.5) is 14.5 Å². The Kier molecular flexibility index (Phi) is 8.92. The lowest BCUT2D eigenvalue weighted by Gasteiger charge is -2.18. The van der Waals surface area contributed by atoms with Crippen LogP contribution in [0.5, 0.6) is 0 Å². The summed E-state index contributed by atoms with van der Waals surface area (Å²) in [5, 5.41) is 11.7. The quantitative estimate of drug-likeness (QED) is 0.235. The van der Waals surface area contributed by atoms with E-state index in [1.165, 1.54) is 36.4 Å². The molecule has 0 saturated carbocycles. The van der Waals surface area contributed by atoms with Crippen molar-refractivity contribution in [3.8, 4) is 0 Å². The van der Waals surface area contributed by atoms with Crippen LogP contribution in [0.1, 0.15) is 28.4 Å². The van der Waals surface area contributed by atoms with Gasteiger partial charge in [0.05, 0.1) is 22.1 Å². The Balaban J connectivity index is 1.87. The summed E-state index contributed by atoms with van der Waals surface area (Å²) < 4.78 is 28.9. The summed E-state index contributed by atoms with van der Waals surface area (Å²) in [4.78, 5) is 24.3. The maximum Gasteiger partial charge on any atom is 0.335 e. The van der Waals surface area contributed by atoms with Gasteiger partial charge < -0.3 is 10.4 Å². The van der Waals surface area contributed by atoms with Gasteiger partial charge in [-0.15, -0.1) is 0 Å². The molecule has 2 N–H and O–H groups in total. The van der Waals surface area contributed by atoms with Crippen LogP contribution >= 0.6 is 11.6 Å². The molecule has 0 saturated heterocycles. The molecule has 3 rings (SSSR count). The van der Waals surface area contributed by atoms with E-state index in [1.54, 1.807) is 13.0 Å². The second kappa shape index (κ2) is 12.1. The first-order valence-electron chi connectivity index (χ1n) is 11.1. The summed E-state index contributed by atoms with van der Waals surface area (Å²) in [6.45, 7) is 5.68. The zero-order valence-electron chi connectivity index (χ0n) is 19.5. The van der Waals surface area contributed by atoms with Gasteiger partial charge in [-0.05, 0) is 66.5 Å². The van der Waals surface area contributed by atoms with Gasteiger partial charge in [0.25, 0.3) is 0 Å². The molecule has 0 bridgehead atoms. The predicted molar refractivity (Wildman–Crippen MR) is 139 cm³/mol. The number of hydrogen-bond acceptors (Lipinski definition) is 2. The largest absolute Gasteiger partial charge is 0.478 e. The Hall–Kier alpha value is -4.03. The molecule has 7 heteroatoms. The van der Waals surface area contributed by atoms with Gasteiger partial charge in [-0.25, -0.2) is 13.6 Å². The Morgan fingerprint density at radius 2 is 1.69 bits per heavy atom. The number of benzene rings is 3. The molecular weight excluding hydrogens is 484 g/mol. The second-order valence-corrected chi connectivity index (χ2v) is 8.39. The molecule has 3 aromatic rings. The molecule has 0 aliphatic carbocycles. The molecule has 4 nitrogen and oxygen atoms in total. The van der Waals surface area contributed by atoms with Gasteiger partial charge in [-0.3, -0.25) is 4.79 Å². The van der Waals surface area contributed by atoms with Crippen molar-refractivity contribution in [1.29, 1.82) is 0 Å². The Labute approximate surface area is 213 Å². The lowest BCUT2D eigenvalue weighted by molar-refractivity contribution is -0.118. The molecule has 0 fully saturated rings. The minimum absolute atomic E-state index is 0.0977. The van der Waals surface area contributed by atoms with E-state index in [2.05, 4.69) is 11.9 Å². The van der Waals surface area contributed by atoms with Gasteiger partial charge >= 0.3 is 5.97 Å². The maximum atomic E-state index is 14.5. The van der Waals surface area contributed by atoms with Crippen molar-refractivity contribution in [3.05, 3.63) is 130 Å². The molecule has 1 amide bonds. The first-order valence-corrected chi connectivity index (χ1v) is 11.4. The number of halogens is 3. The summed E-state index contributed by atoms with van der Waals surface area (Å²) in [5.41, 5.74) is 1.82. The monoisotopic (exact) mass is 507 g/mol. The van der Waals surface area contributed by atoms with Crippen molar-refractivity contribution in [3.63, 3.8) is 0 Å². The normalized spacial score (nSPS) is 12.4. The highest BCUT2D eigenvalue weighted by Crippen LogP contribution is 2.29. The fourth-order valence-electron chi connectivity index (χ4n) is 3.60. The highest BCUT2D eigenvalue weighted by molar-refractivity contribution is 6.31. The number of allylic oxidation sites excluding steroid dienone is 4. The van der Waals surface area contributed by atoms with Gasteiger partial charge in [0, 0.05) is 5.69 Å². The standard InChI is InChI=1S/C29H24ClF2NO3/c1-3-20(26-25(31)16-15-24(30)27(26)32)10-9-18(2)23(17-19-7-5-4-6-8-19)28(34)33-22-13-11-21(12-14-22)29(35)36/h3-16,23H,2,17H2,1H3,(H,33,34)(H,35,36)/b10-9-,20-3+/t23-/m1/s1. The van der Waals surface area contributed by atoms with E-state index in [1.807, 2.05) is 30.3 Å². The average Bonchev–Trinajstić information content (AvgIpc) is 2.87. The van der Waals surface area contributed by atoms with E-state index in [0.29, 0.717) is 17.7 Å². The van der Waals surface area contributed by atoms with Crippen LogP contribution in [0, 0.1) is 17.6 Å². The Bertz CT molecular complexity index is 1330. The molecule has 3 aromatic carbocycles. The van der Waals surface area contributed by atoms with Gasteiger partial charge in [0.1, 0.15) is 5.82 Å². The predicted octanol–water partition coefficient (Wildman–Crippen LogP) is 7.33. The third kappa shape index (κ3) is 6.55. The van der Waals surface area contributed by atoms with Gasteiger partial charge in [-0.1, -0.05) is 66.7 Å². The Morgan fingerprint density at radius 1 is 1.03 bits per heavy atom. The van der Waals surface area contributed by atoms with E-state index in [4.69, 9.17) is 16.7 Å². The van der Waals surface area contributed by atoms with Crippen molar-refractivity contribution in [2.75, 3.05) is 5.32 Å². The molecule has 0 aromatic heterocycles. The molecule has 0 spiro atoms. The van der Waals surface area contributed by atoms with Crippen molar-refractivity contribution < 1.29 is 23.5 Å². The van der Waals surface area contributed by atoms with E-state index >= 15 is 0 Å². The van der Waals surface area contributed by atoms with Gasteiger partial charge in [0.2, 0.25) is 5.91 Å². The van der Waals surface area contributed by atoms with Crippen molar-refractivity contribution in [1.82, 2.24) is 0 Å². The van der Waals surface area contributed by atoms with Crippen LogP contribution in [0.3, 0.4) is 0 Å². The minimum Gasteiger partial charge on any atom is -0.478 e. The van der Waals surface area contributed by atoms with Crippen LogP contribution < -0.4 is 5.32 Å². The molecule has 36 heavy (non-hydrogen) atoms. The minimum atomic E-state index is -1.07. The maximum absolute atomic E-state index is 14.5. The van der Waals surface area contributed by atoms with Crippen molar-refractivity contribution in [2.45, 2.75) is 13.3 Å². The fourth-order valence-corrected chi connectivity index (χ4v) is 3.75. The Morgan fingerprint density at radius 3 is 2.31 bits per heavy atom. The van der Waals surface area contributed by atoms with Crippen LogP contribution in [0.2, 0.25) is 5.02 Å². The molecule has 0 aliphatic rings. The van der Waals surface area contributed by atoms with Crippen LogP contribution in [-0.2, 0) is 11.2 Å². The number of anilines is 1.